The van der Waals surface area contributed by atoms with Crippen molar-refractivity contribution in [1.82, 2.24) is 10.3 Å². The highest BCUT2D eigenvalue weighted by Crippen LogP contribution is 2.32. The summed E-state index contributed by atoms with van der Waals surface area (Å²) in [5.41, 5.74) is 7.33. The summed E-state index contributed by atoms with van der Waals surface area (Å²) in [4.78, 5) is 28.9. The minimum atomic E-state index is -4.57. The number of thiazole rings is 1. The van der Waals surface area contributed by atoms with Crippen LogP contribution in [-0.2, 0) is 17.5 Å². The van der Waals surface area contributed by atoms with Crippen molar-refractivity contribution in [3.8, 4) is 0 Å². The molecule has 2 aromatic carbocycles. The third-order valence-electron chi connectivity index (χ3n) is 5.39. The first-order chi connectivity index (χ1) is 18.2. The van der Waals surface area contributed by atoms with Gasteiger partial charge in [-0.25, -0.2) is 10.8 Å². The highest BCUT2D eigenvalue weighted by molar-refractivity contribution is 7.16. The number of nitrogens with two attached hydrogens (primary N) is 2. The summed E-state index contributed by atoms with van der Waals surface area (Å²) >= 11 is 1.16. The quantitative estimate of drug-likeness (QED) is 0.187. The summed E-state index contributed by atoms with van der Waals surface area (Å²) in [6.45, 7) is 7.12. The Kier molecular flexibility index (Phi) is 9.32. The Hall–Kier alpha value is -3.94. The number of nitrogens with zero attached hydrogens (tertiary/aromatic N) is 2. The van der Waals surface area contributed by atoms with Crippen LogP contribution in [0.5, 0.6) is 0 Å². The Balaban J connectivity index is 1.84. The number of hydrogen-bond acceptors (Lipinski definition) is 8. The zero-order chi connectivity index (χ0) is 28.9. The second-order valence-electron chi connectivity index (χ2n) is 9.11. The number of aromatic nitrogens is 1. The van der Waals surface area contributed by atoms with Gasteiger partial charge < -0.3 is 21.7 Å². The minimum absolute atomic E-state index is 0.0198. The number of amides is 2. The SMILES string of the molecule is CC(=O)Nc1ncc(/C(N)=C/N(N)c2cc(C(=O)Nc3cc(CNC(C)C)cc(C(F)(F)F)c3)ccc2C)s1. The van der Waals surface area contributed by atoms with Crippen LogP contribution in [0.1, 0.15) is 52.7 Å². The molecule has 0 aliphatic heterocycles. The Morgan fingerprint density at radius 1 is 1.15 bits per heavy atom. The van der Waals surface area contributed by atoms with Gasteiger partial charge in [-0.2, -0.15) is 13.2 Å². The second kappa shape index (κ2) is 12.3. The number of aryl methyl sites for hydroxylation is 1. The van der Waals surface area contributed by atoms with Gasteiger partial charge in [0.1, 0.15) is 0 Å². The smallest absolute Gasteiger partial charge is 0.396 e. The molecule has 0 unspecified atom stereocenters. The summed E-state index contributed by atoms with van der Waals surface area (Å²) in [5, 5.41) is 9.83. The van der Waals surface area contributed by atoms with Gasteiger partial charge in [-0.1, -0.05) is 31.3 Å². The van der Waals surface area contributed by atoms with Gasteiger partial charge in [-0.3, -0.25) is 14.6 Å². The van der Waals surface area contributed by atoms with E-state index in [4.69, 9.17) is 11.6 Å². The molecule has 3 aromatic rings. The van der Waals surface area contributed by atoms with E-state index in [2.05, 4.69) is 20.9 Å². The van der Waals surface area contributed by atoms with Crippen LogP contribution < -0.4 is 32.5 Å². The van der Waals surface area contributed by atoms with Crippen LogP contribution >= 0.6 is 11.3 Å². The summed E-state index contributed by atoms with van der Waals surface area (Å²) in [6, 6.07) is 8.25. The van der Waals surface area contributed by atoms with Crippen molar-refractivity contribution < 1.29 is 22.8 Å². The maximum Gasteiger partial charge on any atom is 0.416 e. The third kappa shape index (κ3) is 8.27. The lowest BCUT2D eigenvalue weighted by atomic mass is 10.1. The average molecular weight is 562 g/mol. The second-order valence-corrected chi connectivity index (χ2v) is 10.1. The van der Waals surface area contributed by atoms with Crippen LogP contribution in [0, 0.1) is 6.92 Å². The number of halogens is 3. The van der Waals surface area contributed by atoms with Crippen molar-refractivity contribution in [1.29, 1.82) is 0 Å². The van der Waals surface area contributed by atoms with E-state index < -0.39 is 17.6 Å². The molecule has 3 rings (SSSR count). The number of hydrazine groups is 1. The summed E-state index contributed by atoms with van der Waals surface area (Å²) < 4.78 is 40.5. The number of anilines is 3. The van der Waals surface area contributed by atoms with E-state index in [1.807, 2.05) is 13.8 Å². The van der Waals surface area contributed by atoms with Crippen molar-refractivity contribution in [3.05, 3.63) is 75.9 Å². The van der Waals surface area contributed by atoms with Gasteiger partial charge in [0.2, 0.25) is 5.91 Å². The molecular formula is C26H30F3N7O2S. The van der Waals surface area contributed by atoms with Crippen molar-refractivity contribution in [2.45, 2.75) is 46.5 Å². The van der Waals surface area contributed by atoms with Gasteiger partial charge in [0.15, 0.2) is 5.13 Å². The summed E-state index contributed by atoms with van der Waals surface area (Å²) in [6.07, 6.45) is -1.64. The Morgan fingerprint density at radius 2 is 1.87 bits per heavy atom. The first-order valence-corrected chi connectivity index (χ1v) is 12.7. The monoisotopic (exact) mass is 561 g/mol. The molecule has 0 fully saturated rings. The number of hydrogen-bond donors (Lipinski definition) is 5. The lowest BCUT2D eigenvalue weighted by molar-refractivity contribution is -0.137. The molecule has 1 heterocycles. The van der Waals surface area contributed by atoms with Crippen LogP contribution in [0.25, 0.3) is 5.70 Å². The van der Waals surface area contributed by atoms with Crippen LogP contribution in [0.15, 0.2) is 48.8 Å². The molecule has 1 aromatic heterocycles. The fourth-order valence-corrected chi connectivity index (χ4v) is 4.27. The van der Waals surface area contributed by atoms with Crippen molar-refractivity contribution in [3.63, 3.8) is 0 Å². The largest absolute Gasteiger partial charge is 0.416 e. The van der Waals surface area contributed by atoms with Gasteiger partial charge in [0.05, 0.1) is 21.8 Å². The first-order valence-electron chi connectivity index (χ1n) is 11.8. The molecule has 39 heavy (non-hydrogen) atoms. The molecule has 0 saturated heterocycles. The van der Waals surface area contributed by atoms with E-state index in [1.165, 1.54) is 36.5 Å². The lowest BCUT2D eigenvalue weighted by Crippen LogP contribution is -2.27. The van der Waals surface area contributed by atoms with E-state index in [-0.39, 0.29) is 35.4 Å². The molecule has 0 atom stereocenters. The number of alkyl halides is 3. The van der Waals surface area contributed by atoms with Crippen LogP contribution in [0.3, 0.4) is 0 Å². The van der Waals surface area contributed by atoms with Crippen LogP contribution in [0.4, 0.5) is 29.7 Å². The zero-order valence-corrected chi connectivity index (χ0v) is 22.6. The molecule has 0 aliphatic rings. The lowest BCUT2D eigenvalue weighted by Gasteiger charge is -2.19. The summed E-state index contributed by atoms with van der Waals surface area (Å²) in [5.74, 6) is 5.35. The number of carbonyl (C=O) groups is 2. The van der Waals surface area contributed by atoms with E-state index in [0.29, 0.717) is 21.3 Å². The number of benzene rings is 2. The molecule has 7 N–H and O–H groups in total. The van der Waals surface area contributed by atoms with Gasteiger partial charge in [-0.05, 0) is 48.4 Å². The van der Waals surface area contributed by atoms with E-state index in [0.717, 1.165) is 29.0 Å². The molecule has 0 aliphatic carbocycles. The fourth-order valence-electron chi connectivity index (χ4n) is 3.48. The summed E-state index contributed by atoms with van der Waals surface area (Å²) in [7, 11) is 0. The van der Waals surface area contributed by atoms with Gasteiger partial charge in [-0.15, -0.1) is 0 Å². The molecule has 13 heteroatoms. The molecule has 9 nitrogen and oxygen atoms in total. The van der Waals surface area contributed by atoms with Crippen molar-refractivity contribution in [2.24, 2.45) is 11.6 Å². The predicted octanol–water partition coefficient (Wildman–Crippen LogP) is 4.82. The molecule has 0 radical (unpaired) electrons. The Bertz CT molecular complexity index is 1390. The van der Waals surface area contributed by atoms with E-state index in [1.54, 1.807) is 19.1 Å². The standard InChI is InChI=1S/C26H30F3N7O2S/c1-14(2)32-11-17-7-19(26(27,28)29)10-20(8-17)35-24(38)18-6-5-15(3)22(9-18)36(31)13-21(30)23-12-33-25(39-23)34-16(4)37/h5-10,12-14,32H,11,30-31H2,1-4H3,(H,35,38)(H,33,34,37)/b21-13-. The average Bonchev–Trinajstić information content (AvgIpc) is 3.30. The molecule has 0 spiro atoms. The van der Waals surface area contributed by atoms with Gasteiger partial charge in [0, 0.05) is 43.2 Å². The van der Waals surface area contributed by atoms with Crippen LogP contribution in [-0.4, -0.2) is 22.8 Å². The molecular weight excluding hydrogens is 531 g/mol. The molecule has 0 saturated carbocycles. The van der Waals surface area contributed by atoms with E-state index >= 15 is 0 Å². The highest BCUT2D eigenvalue weighted by Gasteiger charge is 2.31. The van der Waals surface area contributed by atoms with Crippen molar-refractivity contribution in [2.75, 3.05) is 15.6 Å². The maximum atomic E-state index is 13.5. The molecule has 2 amide bonds. The first kappa shape index (κ1) is 29.6. The number of rotatable bonds is 9. The molecule has 0 bridgehead atoms. The third-order valence-corrected chi connectivity index (χ3v) is 6.36. The van der Waals surface area contributed by atoms with Crippen LogP contribution in [0.2, 0.25) is 0 Å². The molecule has 208 valence electrons. The fraction of sp³-hybridized carbons (Fsp3) is 0.269. The zero-order valence-electron chi connectivity index (χ0n) is 21.8. The van der Waals surface area contributed by atoms with E-state index in [9.17, 15) is 22.8 Å². The topological polar surface area (TPSA) is 138 Å². The maximum absolute atomic E-state index is 13.5. The van der Waals surface area contributed by atoms with Crippen molar-refractivity contribution >= 4 is 45.4 Å². The normalized spacial score (nSPS) is 12.0. The van der Waals surface area contributed by atoms with Gasteiger partial charge in [0.25, 0.3) is 5.91 Å². The number of carbonyl (C=O) groups excluding carboxylic acids is 2. The highest BCUT2D eigenvalue weighted by atomic mass is 32.1. The Labute approximate surface area is 228 Å². The predicted molar refractivity (Wildman–Crippen MR) is 148 cm³/mol. The number of nitrogens with one attached hydrogen (secondary N) is 3. The Morgan fingerprint density at radius 3 is 2.51 bits per heavy atom. The minimum Gasteiger partial charge on any atom is -0.396 e. The van der Waals surface area contributed by atoms with Gasteiger partial charge >= 0.3 is 6.18 Å².